The Kier molecular flexibility index (Phi) is 3.21. The zero-order chi connectivity index (χ0) is 18.2. The van der Waals surface area contributed by atoms with Gasteiger partial charge in [0.25, 0.3) is 0 Å². The number of nitrogens with zero attached hydrogens (tertiary/aromatic N) is 2. The average molecular weight is 411 g/mol. The first-order chi connectivity index (χ1) is 12.4. The molecule has 3 aromatic rings. The molecule has 0 radical (unpaired) electrons. The lowest BCUT2D eigenvalue weighted by Gasteiger charge is -2.33. The molecule has 2 unspecified atom stereocenters. The first-order valence-corrected chi connectivity index (χ1v) is 9.67. The van der Waals surface area contributed by atoms with Crippen LogP contribution in [0.5, 0.6) is 0 Å². The van der Waals surface area contributed by atoms with Gasteiger partial charge in [0.15, 0.2) is 0 Å². The van der Waals surface area contributed by atoms with E-state index in [1.807, 2.05) is 13.0 Å². The smallest absolute Gasteiger partial charge is 0.318 e. The van der Waals surface area contributed by atoms with Crippen molar-refractivity contribution in [3.8, 4) is 11.4 Å². The monoisotopic (exact) mass is 410 g/mol. The first kappa shape index (κ1) is 16.1. The number of ether oxygens (including phenoxy) is 1. The molecule has 132 valence electrons. The molecule has 2 aliphatic heterocycles. The molecule has 0 aliphatic carbocycles. The summed E-state index contributed by atoms with van der Waals surface area (Å²) < 4.78 is 8.79. The van der Waals surface area contributed by atoms with E-state index in [2.05, 4.69) is 58.6 Å². The third-order valence-corrected chi connectivity index (χ3v) is 6.36. The van der Waals surface area contributed by atoms with Gasteiger partial charge in [-0.05, 0) is 67.8 Å². The Morgan fingerprint density at radius 2 is 2.00 bits per heavy atom. The number of carbonyl (C=O) groups is 1. The van der Waals surface area contributed by atoms with Crippen molar-refractivity contribution < 1.29 is 9.53 Å². The summed E-state index contributed by atoms with van der Waals surface area (Å²) in [6.45, 7) is 6.77. The highest BCUT2D eigenvalue weighted by molar-refractivity contribution is 9.10. The number of fused-ring (bicyclic) bond motifs is 6. The van der Waals surface area contributed by atoms with Crippen molar-refractivity contribution in [2.24, 2.45) is 0 Å². The lowest BCUT2D eigenvalue weighted by molar-refractivity contribution is -0.145. The maximum absolute atomic E-state index is 13.0. The normalized spacial score (nSPS) is 24.0. The second-order valence-electron chi connectivity index (χ2n) is 7.64. The number of aromatic nitrogens is 2. The predicted octanol–water partition coefficient (Wildman–Crippen LogP) is 4.67. The molecular weight excluding hydrogens is 392 g/mol. The molecule has 0 saturated carbocycles. The van der Waals surface area contributed by atoms with Crippen LogP contribution in [-0.4, -0.2) is 21.6 Å². The second kappa shape index (κ2) is 5.19. The molecule has 3 heterocycles. The SMILES string of the molecule is Cc1cc2nc3n(c2cc1C)CC1(CC(C)OC1=O)c1cc(Br)ccc1-3. The highest BCUT2D eigenvalue weighted by Gasteiger charge is 2.53. The van der Waals surface area contributed by atoms with E-state index < -0.39 is 5.41 Å². The van der Waals surface area contributed by atoms with Gasteiger partial charge in [0.05, 0.1) is 11.0 Å². The Morgan fingerprint density at radius 3 is 2.73 bits per heavy atom. The summed E-state index contributed by atoms with van der Waals surface area (Å²) in [4.78, 5) is 17.9. The Balaban J connectivity index is 1.86. The van der Waals surface area contributed by atoms with Gasteiger partial charge in [0.1, 0.15) is 17.3 Å². The van der Waals surface area contributed by atoms with Crippen LogP contribution < -0.4 is 0 Å². The summed E-state index contributed by atoms with van der Waals surface area (Å²) in [6, 6.07) is 10.5. The van der Waals surface area contributed by atoms with Crippen LogP contribution in [0.25, 0.3) is 22.4 Å². The molecule has 2 aromatic carbocycles. The van der Waals surface area contributed by atoms with Crippen LogP contribution in [0.15, 0.2) is 34.8 Å². The Morgan fingerprint density at radius 1 is 1.23 bits per heavy atom. The quantitative estimate of drug-likeness (QED) is 0.505. The van der Waals surface area contributed by atoms with E-state index in [9.17, 15) is 4.79 Å². The van der Waals surface area contributed by atoms with Crippen molar-refractivity contribution in [2.75, 3.05) is 0 Å². The topological polar surface area (TPSA) is 44.1 Å². The predicted molar refractivity (Wildman–Crippen MR) is 104 cm³/mol. The number of rotatable bonds is 0. The van der Waals surface area contributed by atoms with E-state index in [4.69, 9.17) is 9.72 Å². The van der Waals surface area contributed by atoms with Crippen LogP contribution in [-0.2, 0) is 21.5 Å². The maximum Gasteiger partial charge on any atom is 0.318 e. The van der Waals surface area contributed by atoms with Gasteiger partial charge in [-0.2, -0.15) is 0 Å². The van der Waals surface area contributed by atoms with Crippen LogP contribution in [0.2, 0.25) is 0 Å². The van der Waals surface area contributed by atoms with Crippen molar-refractivity contribution in [3.05, 3.63) is 51.5 Å². The fourth-order valence-corrected chi connectivity index (χ4v) is 4.83. The van der Waals surface area contributed by atoms with E-state index in [1.165, 1.54) is 11.1 Å². The standard InChI is InChI=1S/C21H19BrN2O2/c1-11-6-17-18(7-12(11)2)24-10-21(9-13(3)26-20(21)25)16-8-14(22)4-5-15(16)19(24)23-17/h4-8,13H,9-10H2,1-3H3. The average Bonchev–Trinajstić information content (AvgIpc) is 3.06. The lowest BCUT2D eigenvalue weighted by Crippen LogP contribution is -2.40. The highest BCUT2D eigenvalue weighted by atomic mass is 79.9. The van der Waals surface area contributed by atoms with E-state index in [0.29, 0.717) is 13.0 Å². The van der Waals surface area contributed by atoms with E-state index in [0.717, 1.165) is 32.5 Å². The summed E-state index contributed by atoms with van der Waals surface area (Å²) in [7, 11) is 0. The van der Waals surface area contributed by atoms with Crippen molar-refractivity contribution in [2.45, 2.75) is 45.3 Å². The van der Waals surface area contributed by atoms with Crippen molar-refractivity contribution in [1.82, 2.24) is 9.55 Å². The molecule has 2 aliphatic rings. The number of benzene rings is 2. The molecule has 1 aromatic heterocycles. The van der Waals surface area contributed by atoms with Gasteiger partial charge in [-0.25, -0.2) is 4.98 Å². The number of hydrogen-bond acceptors (Lipinski definition) is 3. The highest BCUT2D eigenvalue weighted by Crippen LogP contribution is 2.48. The molecule has 5 rings (SSSR count). The second-order valence-corrected chi connectivity index (χ2v) is 8.55. The number of esters is 1. The minimum Gasteiger partial charge on any atom is -0.462 e. The molecule has 0 bridgehead atoms. The molecule has 2 atom stereocenters. The number of aryl methyl sites for hydroxylation is 2. The number of carbonyl (C=O) groups excluding carboxylic acids is 1. The number of halogens is 1. The van der Waals surface area contributed by atoms with Gasteiger partial charge in [-0.15, -0.1) is 0 Å². The molecule has 0 amide bonds. The summed E-state index contributed by atoms with van der Waals surface area (Å²) in [5, 5.41) is 0. The number of hydrogen-bond donors (Lipinski definition) is 0. The van der Waals surface area contributed by atoms with Gasteiger partial charge < -0.3 is 9.30 Å². The third kappa shape index (κ3) is 2.01. The van der Waals surface area contributed by atoms with Gasteiger partial charge in [-0.1, -0.05) is 15.9 Å². The summed E-state index contributed by atoms with van der Waals surface area (Å²) in [6.07, 6.45) is 0.619. The zero-order valence-electron chi connectivity index (χ0n) is 15.0. The van der Waals surface area contributed by atoms with Crippen LogP contribution in [0.4, 0.5) is 0 Å². The number of imidazole rings is 1. The molecule has 26 heavy (non-hydrogen) atoms. The van der Waals surface area contributed by atoms with E-state index in [1.54, 1.807) is 0 Å². The van der Waals surface area contributed by atoms with Crippen LogP contribution in [0, 0.1) is 13.8 Å². The molecule has 1 fully saturated rings. The van der Waals surface area contributed by atoms with Crippen molar-refractivity contribution in [1.29, 1.82) is 0 Å². The molecule has 4 nitrogen and oxygen atoms in total. The van der Waals surface area contributed by atoms with E-state index >= 15 is 0 Å². The summed E-state index contributed by atoms with van der Waals surface area (Å²) >= 11 is 3.57. The van der Waals surface area contributed by atoms with Crippen LogP contribution in [0.3, 0.4) is 0 Å². The Labute approximate surface area is 160 Å². The van der Waals surface area contributed by atoms with Gasteiger partial charge in [0.2, 0.25) is 0 Å². The van der Waals surface area contributed by atoms with Gasteiger partial charge in [0, 0.05) is 23.0 Å². The summed E-state index contributed by atoms with van der Waals surface area (Å²) in [5.41, 5.74) is 5.94. The van der Waals surface area contributed by atoms with Gasteiger partial charge >= 0.3 is 5.97 Å². The Bertz CT molecular complexity index is 1100. The van der Waals surface area contributed by atoms with Crippen molar-refractivity contribution >= 4 is 32.9 Å². The number of cyclic esters (lactones) is 1. The molecule has 0 N–H and O–H groups in total. The fraction of sp³-hybridized carbons (Fsp3) is 0.333. The van der Waals surface area contributed by atoms with Crippen molar-refractivity contribution in [3.63, 3.8) is 0 Å². The first-order valence-electron chi connectivity index (χ1n) is 8.88. The van der Waals surface area contributed by atoms with E-state index in [-0.39, 0.29) is 12.1 Å². The molecule has 1 spiro atoms. The minimum absolute atomic E-state index is 0.0744. The minimum atomic E-state index is -0.641. The largest absolute Gasteiger partial charge is 0.462 e. The third-order valence-electron chi connectivity index (χ3n) is 5.86. The zero-order valence-corrected chi connectivity index (χ0v) is 16.6. The molecular formula is C21H19BrN2O2. The maximum atomic E-state index is 13.0. The fourth-order valence-electron chi connectivity index (χ4n) is 4.47. The lowest BCUT2D eigenvalue weighted by atomic mass is 9.73. The molecule has 5 heteroatoms. The Hall–Kier alpha value is -2.14. The summed E-state index contributed by atoms with van der Waals surface area (Å²) in [5.74, 6) is 0.811. The van der Waals surface area contributed by atoms with Crippen LogP contribution >= 0.6 is 15.9 Å². The van der Waals surface area contributed by atoms with Gasteiger partial charge in [-0.3, -0.25) is 4.79 Å². The molecule has 1 saturated heterocycles. The van der Waals surface area contributed by atoms with Crippen LogP contribution in [0.1, 0.15) is 30.0 Å².